The molecular weight excluding hydrogens is 362 g/mol. The second-order valence-corrected chi connectivity index (χ2v) is 7.07. The van der Waals surface area contributed by atoms with Crippen LogP contribution in [0.25, 0.3) is 21.3 Å². The van der Waals surface area contributed by atoms with E-state index in [0.717, 1.165) is 26.1 Å². The van der Waals surface area contributed by atoms with Gasteiger partial charge >= 0.3 is 0 Å². The van der Waals surface area contributed by atoms with E-state index in [0.29, 0.717) is 13.0 Å². The summed E-state index contributed by atoms with van der Waals surface area (Å²) in [5.41, 5.74) is 2.34. The van der Waals surface area contributed by atoms with Crippen molar-refractivity contribution in [1.29, 1.82) is 0 Å². The first-order chi connectivity index (χ1) is 10.7. The minimum Gasteiger partial charge on any atom is -0.396 e. The first-order valence-electron chi connectivity index (χ1n) is 7.05. The van der Waals surface area contributed by atoms with Crippen LogP contribution in [0.2, 0.25) is 0 Å². The number of hydrogen-bond acceptors (Lipinski definition) is 5. The van der Waals surface area contributed by atoms with E-state index in [1.165, 1.54) is 10.4 Å². The molecule has 22 heavy (non-hydrogen) atoms. The number of aliphatic hydroxyl groups excluding tert-OH is 1. The van der Waals surface area contributed by atoms with Crippen LogP contribution in [0.15, 0.2) is 35.1 Å². The van der Waals surface area contributed by atoms with Crippen LogP contribution in [0.5, 0.6) is 0 Å². The number of thiophene rings is 1. The van der Waals surface area contributed by atoms with Crippen LogP contribution in [-0.4, -0.2) is 28.2 Å². The molecule has 2 N–H and O–H groups in total. The normalized spacial score (nSPS) is 11.0. The SMILES string of the molecule is Cc1sc2ncnc(NCCCO)c2c1-c1ccc(Br)cc1. The molecule has 3 aromatic rings. The molecular formula is C16H16BrN3OS. The fourth-order valence-corrected chi connectivity index (χ4v) is 3.71. The summed E-state index contributed by atoms with van der Waals surface area (Å²) in [6.45, 7) is 2.97. The van der Waals surface area contributed by atoms with Crippen molar-refractivity contribution in [3.8, 4) is 11.1 Å². The van der Waals surface area contributed by atoms with Gasteiger partial charge in [0.2, 0.25) is 0 Å². The molecule has 0 spiro atoms. The quantitative estimate of drug-likeness (QED) is 0.653. The van der Waals surface area contributed by atoms with Gasteiger partial charge < -0.3 is 10.4 Å². The molecule has 0 bridgehead atoms. The Bertz CT molecular complexity index is 786. The summed E-state index contributed by atoms with van der Waals surface area (Å²) >= 11 is 5.15. The summed E-state index contributed by atoms with van der Waals surface area (Å²) in [5, 5.41) is 13.3. The fraction of sp³-hybridized carbons (Fsp3) is 0.250. The van der Waals surface area contributed by atoms with Crippen molar-refractivity contribution in [2.24, 2.45) is 0 Å². The van der Waals surface area contributed by atoms with E-state index in [1.807, 2.05) is 12.1 Å². The van der Waals surface area contributed by atoms with Gasteiger partial charge in [-0.3, -0.25) is 0 Å². The second-order valence-electron chi connectivity index (χ2n) is 4.95. The van der Waals surface area contributed by atoms with E-state index in [1.54, 1.807) is 17.7 Å². The molecule has 114 valence electrons. The first kappa shape index (κ1) is 15.4. The third-order valence-corrected chi connectivity index (χ3v) is 4.97. The minimum absolute atomic E-state index is 0.170. The van der Waals surface area contributed by atoms with Crippen LogP contribution < -0.4 is 5.32 Å². The van der Waals surface area contributed by atoms with E-state index in [4.69, 9.17) is 5.11 Å². The molecule has 0 fully saturated rings. The van der Waals surface area contributed by atoms with Gasteiger partial charge in [0.1, 0.15) is 17.0 Å². The summed E-state index contributed by atoms with van der Waals surface area (Å²) in [6.07, 6.45) is 2.28. The minimum atomic E-state index is 0.170. The summed E-state index contributed by atoms with van der Waals surface area (Å²) in [6, 6.07) is 8.29. The van der Waals surface area contributed by atoms with Crippen molar-refractivity contribution in [3.63, 3.8) is 0 Å². The number of aliphatic hydroxyl groups is 1. The van der Waals surface area contributed by atoms with E-state index < -0.39 is 0 Å². The molecule has 2 heterocycles. The number of nitrogens with one attached hydrogen (secondary N) is 1. The predicted octanol–water partition coefficient (Wildman–Crippen LogP) is 4.22. The van der Waals surface area contributed by atoms with Crippen molar-refractivity contribution < 1.29 is 5.11 Å². The molecule has 0 aliphatic heterocycles. The lowest BCUT2D eigenvalue weighted by molar-refractivity contribution is 0.292. The van der Waals surface area contributed by atoms with E-state index in [9.17, 15) is 0 Å². The van der Waals surface area contributed by atoms with E-state index in [-0.39, 0.29) is 6.61 Å². The Morgan fingerprint density at radius 1 is 1.23 bits per heavy atom. The topological polar surface area (TPSA) is 58.0 Å². The van der Waals surface area contributed by atoms with Crippen LogP contribution in [-0.2, 0) is 0 Å². The number of nitrogens with zero attached hydrogens (tertiary/aromatic N) is 2. The average Bonchev–Trinajstić information content (AvgIpc) is 2.85. The fourth-order valence-electron chi connectivity index (χ4n) is 2.43. The van der Waals surface area contributed by atoms with Gasteiger partial charge in [-0.05, 0) is 31.0 Å². The molecule has 0 saturated heterocycles. The number of aryl methyl sites for hydroxylation is 1. The molecule has 2 aromatic heterocycles. The van der Waals surface area contributed by atoms with Crippen LogP contribution >= 0.6 is 27.3 Å². The summed E-state index contributed by atoms with van der Waals surface area (Å²) in [5.74, 6) is 0.834. The van der Waals surface area contributed by atoms with Gasteiger partial charge in [0.15, 0.2) is 0 Å². The Labute approximate surface area is 141 Å². The number of benzene rings is 1. The molecule has 0 amide bonds. The number of rotatable bonds is 5. The van der Waals surface area contributed by atoms with Gasteiger partial charge in [-0.1, -0.05) is 28.1 Å². The van der Waals surface area contributed by atoms with Gasteiger partial charge in [-0.15, -0.1) is 11.3 Å². The molecule has 3 rings (SSSR count). The second kappa shape index (κ2) is 6.73. The molecule has 0 saturated carbocycles. The van der Waals surface area contributed by atoms with Crippen LogP contribution in [0.4, 0.5) is 5.82 Å². The van der Waals surface area contributed by atoms with Gasteiger partial charge in [0, 0.05) is 28.1 Å². The Balaban J connectivity index is 2.12. The van der Waals surface area contributed by atoms with E-state index >= 15 is 0 Å². The molecule has 0 unspecified atom stereocenters. The maximum absolute atomic E-state index is 8.95. The Kier molecular flexibility index (Phi) is 4.71. The third-order valence-electron chi connectivity index (χ3n) is 3.42. The summed E-state index contributed by atoms with van der Waals surface area (Å²) in [7, 11) is 0. The van der Waals surface area contributed by atoms with Crippen molar-refractivity contribution >= 4 is 43.3 Å². The highest BCUT2D eigenvalue weighted by Crippen LogP contribution is 2.40. The van der Waals surface area contributed by atoms with E-state index in [2.05, 4.69) is 50.3 Å². The lowest BCUT2D eigenvalue weighted by atomic mass is 10.0. The summed E-state index contributed by atoms with van der Waals surface area (Å²) in [4.78, 5) is 11.0. The number of fused-ring (bicyclic) bond motifs is 1. The summed E-state index contributed by atoms with van der Waals surface area (Å²) < 4.78 is 1.06. The zero-order valence-electron chi connectivity index (χ0n) is 12.1. The Morgan fingerprint density at radius 2 is 2.00 bits per heavy atom. The first-order valence-corrected chi connectivity index (χ1v) is 8.66. The van der Waals surface area contributed by atoms with Crippen molar-refractivity contribution in [3.05, 3.63) is 39.9 Å². The number of hydrogen-bond donors (Lipinski definition) is 2. The van der Waals surface area contributed by atoms with Gasteiger partial charge in [0.05, 0.1) is 5.39 Å². The van der Waals surface area contributed by atoms with Gasteiger partial charge in [0.25, 0.3) is 0 Å². The third kappa shape index (κ3) is 2.99. The molecule has 6 heteroatoms. The lowest BCUT2D eigenvalue weighted by Crippen LogP contribution is -2.05. The van der Waals surface area contributed by atoms with Gasteiger partial charge in [-0.25, -0.2) is 9.97 Å². The lowest BCUT2D eigenvalue weighted by Gasteiger charge is -2.08. The standard InChI is InChI=1S/C16H16BrN3OS/c1-10-13(11-3-5-12(17)6-4-11)14-15(18-7-2-8-21)19-9-20-16(14)22-10/h3-6,9,21H,2,7-8H2,1H3,(H,18,19,20). The zero-order chi connectivity index (χ0) is 15.5. The highest BCUT2D eigenvalue weighted by atomic mass is 79.9. The number of aromatic nitrogens is 2. The van der Waals surface area contributed by atoms with Crippen molar-refractivity contribution in [2.45, 2.75) is 13.3 Å². The van der Waals surface area contributed by atoms with Crippen LogP contribution in [0.1, 0.15) is 11.3 Å². The average molecular weight is 378 g/mol. The molecule has 0 aliphatic rings. The Hall–Kier alpha value is -1.50. The van der Waals surface area contributed by atoms with Crippen LogP contribution in [0.3, 0.4) is 0 Å². The monoisotopic (exact) mass is 377 g/mol. The zero-order valence-corrected chi connectivity index (χ0v) is 14.5. The Morgan fingerprint density at radius 3 is 2.73 bits per heavy atom. The highest BCUT2D eigenvalue weighted by Gasteiger charge is 2.16. The maximum Gasteiger partial charge on any atom is 0.138 e. The molecule has 4 nitrogen and oxygen atoms in total. The molecule has 0 atom stereocenters. The largest absolute Gasteiger partial charge is 0.396 e. The van der Waals surface area contributed by atoms with Crippen LogP contribution in [0, 0.1) is 6.92 Å². The number of anilines is 1. The van der Waals surface area contributed by atoms with Crippen molar-refractivity contribution in [2.75, 3.05) is 18.5 Å². The van der Waals surface area contributed by atoms with Crippen molar-refractivity contribution in [1.82, 2.24) is 9.97 Å². The predicted molar refractivity (Wildman–Crippen MR) is 95.5 cm³/mol. The number of halogens is 1. The molecule has 0 aliphatic carbocycles. The highest BCUT2D eigenvalue weighted by molar-refractivity contribution is 9.10. The molecule has 1 aromatic carbocycles. The smallest absolute Gasteiger partial charge is 0.138 e. The van der Waals surface area contributed by atoms with Gasteiger partial charge in [-0.2, -0.15) is 0 Å². The molecule has 0 radical (unpaired) electrons. The maximum atomic E-state index is 8.95.